The van der Waals surface area contributed by atoms with Gasteiger partial charge in [-0.1, -0.05) is 0 Å². The van der Waals surface area contributed by atoms with E-state index in [1.165, 1.54) is 0 Å². The molecule has 0 saturated heterocycles. The molecule has 0 aromatic rings. The third-order valence-corrected chi connectivity index (χ3v) is 0.194. The quantitative estimate of drug-likeness (QED) is 0.293. The first-order chi connectivity index (χ1) is 1.91. The van der Waals surface area contributed by atoms with Crippen LogP contribution in [0.1, 0.15) is 0 Å². The Morgan fingerprint density at radius 3 is 2.00 bits per heavy atom. The van der Waals surface area contributed by atoms with Crippen molar-refractivity contribution in [1.29, 1.82) is 0 Å². The van der Waals surface area contributed by atoms with Gasteiger partial charge in [-0.15, -0.1) is 0 Å². The van der Waals surface area contributed by atoms with Crippen LogP contribution in [-0.4, -0.2) is 0 Å². The fourth-order valence-electron chi connectivity index (χ4n) is 0. The van der Waals surface area contributed by atoms with Crippen LogP contribution < -0.4 is 0 Å². The van der Waals surface area contributed by atoms with Gasteiger partial charge in [-0.3, -0.25) is 0 Å². The van der Waals surface area contributed by atoms with Gasteiger partial charge in [-0.25, -0.2) is 0 Å². The van der Waals surface area contributed by atoms with Crippen molar-refractivity contribution < 1.29 is 0 Å². The van der Waals surface area contributed by atoms with E-state index in [2.05, 4.69) is 20.7 Å². The Kier molecular flexibility index (Phi) is 2.61. The fourth-order valence-corrected chi connectivity index (χ4v) is 0. The van der Waals surface area contributed by atoms with Crippen molar-refractivity contribution in [3.05, 3.63) is 0 Å². The van der Waals surface area contributed by atoms with Crippen molar-refractivity contribution in [2.75, 3.05) is 0 Å². The van der Waals surface area contributed by atoms with Crippen LogP contribution in [0.4, 0.5) is 0 Å². The summed E-state index contributed by atoms with van der Waals surface area (Å²) in [6.07, 6.45) is 4.59. The Hall–Kier alpha value is -0.230. The predicted molar refractivity (Wildman–Crippen MR) is 19.6 cm³/mol. The van der Waals surface area contributed by atoms with Gasteiger partial charge >= 0.3 is 26.7 Å². The summed E-state index contributed by atoms with van der Waals surface area (Å²) in [5.74, 6) is 2.04. The van der Waals surface area contributed by atoms with E-state index >= 15 is 0 Å². The van der Waals surface area contributed by atoms with Crippen LogP contribution in [0.25, 0.3) is 0 Å². The zero-order valence-corrected chi connectivity index (χ0v) is 2.92. The second kappa shape index (κ2) is 2.77. The van der Waals surface area contributed by atoms with E-state index in [4.69, 9.17) is 0 Å². The molecule has 0 aromatic heterocycles. The Morgan fingerprint density at radius 2 is 2.00 bits per heavy atom. The van der Waals surface area contributed by atoms with Crippen LogP contribution in [0.2, 0.25) is 0 Å². The monoisotopic (exact) mass is 68.0 g/mol. The Morgan fingerprint density at radius 1 is 1.75 bits per heavy atom. The average Bonchev–Trinajstić information content (AvgIpc) is 1.37. The average molecular weight is 68.0 g/mol. The SMILES string of the molecule is C#CC#P. The molecule has 4 heavy (non-hydrogen) atoms. The molecule has 0 radical (unpaired) electrons. The van der Waals surface area contributed by atoms with E-state index in [0.717, 1.165) is 0 Å². The molecule has 0 nitrogen and oxygen atoms in total. The summed E-state index contributed by atoms with van der Waals surface area (Å²) in [6.45, 7) is 0. The molecule has 18 valence electrons. The molecule has 0 aliphatic heterocycles. The molecular weight excluding hydrogens is 67.0 g/mol. The van der Waals surface area contributed by atoms with Gasteiger partial charge in [-0.05, 0) is 0 Å². The van der Waals surface area contributed by atoms with Crippen LogP contribution in [0.15, 0.2) is 0 Å². The second-order valence-electron chi connectivity index (χ2n) is 0.256. The molecule has 0 aliphatic rings. The fraction of sp³-hybridized carbons (Fsp3) is 0. The molecular formula is C3HP. The summed E-state index contributed by atoms with van der Waals surface area (Å²) in [5, 5.41) is 0. The van der Waals surface area contributed by atoms with Crippen LogP contribution in [-0.2, 0) is 0 Å². The molecule has 0 amide bonds. The first-order valence-corrected chi connectivity index (χ1v) is 1.21. The van der Waals surface area contributed by atoms with Gasteiger partial charge in [-0.2, -0.15) is 0 Å². The van der Waals surface area contributed by atoms with E-state index in [1.54, 1.807) is 0 Å². The van der Waals surface area contributed by atoms with Gasteiger partial charge in [0, 0.05) is 0 Å². The minimum absolute atomic E-state index is 2.04. The molecule has 0 rings (SSSR count). The van der Waals surface area contributed by atoms with Gasteiger partial charge < -0.3 is 0 Å². The maximum absolute atomic E-state index is 4.59. The van der Waals surface area contributed by atoms with Crippen LogP contribution >= 0.6 is 8.70 Å². The topological polar surface area (TPSA) is 0 Å². The van der Waals surface area contributed by atoms with Crippen molar-refractivity contribution in [2.24, 2.45) is 0 Å². The molecule has 0 unspecified atom stereocenters. The normalized spacial score (nSPS) is 2.50. The Labute approximate surface area is 27.7 Å². The molecule has 0 N–H and O–H groups in total. The molecule has 1 heteroatoms. The molecule has 0 saturated carbocycles. The van der Waals surface area contributed by atoms with Crippen LogP contribution in [0.5, 0.6) is 0 Å². The van der Waals surface area contributed by atoms with Crippen LogP contribution in [0.3, 0.4) is 0 Å². The first-order valence-electron chi connectivity index (χ1n) is 0.762. The summed E-state index contributed by atoms with van der Waals surface area (Å²) >= 11 is 0. The summed E-state index contributed by atoms with van der Waals surface area (Å²) in [7, 11) is 3.43. The van der Waals surface area contributed by atoms with E-state index in [9.17, 15) is 0 Å². The summed E-state index contributed by atoms with van der Waals surface area (Å²) in [5.41, 5.74) is 2.15. The van der Waals surface area contributed by atoms with Crippen molar-refractivity contribution in [3.8, 4) is 18.0 Å². The molecule has 0 bridgehead atoms. The number of hydrogen-bond acceptors (Lipinski definition) is 0. The summed E-state index contributed by atoms with van der Waals surface area (Å²) < 4.78 is 0. The number of terminal acetylenes is 1. The third-order valence-electron chi connectivity index (χ3n) is 0.0645. The summed E-state index contributed by atoms with van der Waals surface area (Å²) in [4.78, 5) is 0. The molecule has 0 spiro atoms. The van der Waals surface area contributed by atoms with Crippen molar-refractivity contribution >= 4 is 8.70 Å². The maximum atomic E-state index is 4.59. The summed E-state index contributed by atoms with van der Waals surface area (Å²) in [6, 6.07) is 0. The molecule has 0 heterocycles. The predicted octanol–water partition coefficient (Wildman–Crippen LogP) is 0.989. The standard InChI is InChI=1S/C3HP/c1-2-3-4/h1H. The van der Waals surface area contributed by atoms with Gasteiger partial charge in [0.25, 0.3) is 0 Å². The van der Waals surface area contributed by atoms with E-state index in [-0.39, 0.29) is 0 Å². The van der Waals surface area contributed by atoms with Crippen molar-refractivity contribution in [3.63, 3.8) is 0 Å². The molecule has 0 aliphatic carbocycles. The molecule has 0 fully saturated rings. The van der Waals surface area contributed by atoms with Crippen molar-refractivity contribution in [2.45, 2.75) is 0 Å². The van der Waals surface area contributed by atoms with Crippen molar-refractivity contribution in [1.82, 2.24) is 0 Å². The van der Waals surface area contributed by atoms with E-state index in [0.29, 0.717) is 0 Å². The third kappa shape index (κ3) is 1.77. The van der Waals surface area contributed by atoms with E-state index in [1.807, 2.05) is 5.92 Å². The zero-order chi connectivity index (χ0) is 3.41. The minimum atomic E-state index is 2.04. The van der Waals surface area contributed by atoms with Gasteiger partial charge in [0.2, 0.25) is 0 Å². The second-order valence-corrected chi connectivity index (χ2v) is 0.480. The Bertz CT molecular complexity index is 58.3. The van der Waals surface area contributed by atoms with Crippen LogP contribution in [0, 0.1) is 18.0 Å². The van der Waals surface area contributed by atoms with Gasteiger partial charge in [0.05, 0.1) is 0 Å². The number of hydrogen-bond donors (Lipinski definition) is 0. The number of rotatable bonds is 0. The van der Waals surface area contributed by atoms with Gasteiger partial charge in [0.15, 0.2) is 0 Å². The molecule has 0 aromatic carbocycles. The Balaban J connectivity index is 3.14. The van der Waals surface area contributed by atoms with E-state index < -0.39 is 0 Å². The first kappa shape index (κ1) is 3.77. The molecule has 0 atom stereocenters. The zero-order valence-electron chi connectivity index (χ0n) is 2.02. The van der Waals surface area contributed by atoms with Gasteiger partial charge in [0.1, 0.15) is 0 Å².